The van der Waals surface area contributed by atoms with Crippen LogP contribution in [0.15, 0.2) is 9.28 Å². The van der Waals surface area contributed by atoms with Crippen LogP contribution < -0.4 is 0 Å². The second-order valence-corrected chi connectivity index (χ2v) is 4.86. The number of carbonyl (C=O) groups is 2. The van der Waals surface area contributed by atoms with Gasteiger partial charge in [0, 0.05) is 10.0 Å². The molecule has 76 valence electrons. The van der Waals surface area contributed by atoms with E-state index in [1.165, 1.54) is 4.90 Å². The van der Waals surface area contributed by atoms with Crippen LogP contribution in [-0.2, 0) is 9.59 Å². The van der Waals surface area contributed by atoms with E-state index in [-0.39, 0.29) is 23.6 Å². The predicted octanol–water partition coefficient (Wildman–Crippen LogP) is 1.36. The number of fused-ring (bicyclic) bond motifs is 1. The van der Waals surface area contributed by atoms with Gasteiger partial charge in [0.2, 0.25) is 5.91 Å². The summed E-state index contributed by atoms with van der Waals surface area (Å²) in [6, 6.07) is 0.116. The van der Waals surface area contributed by atoms with E-state index < -0.39 is 5.97 Å². The Balaban J connectivity index is 2.27. The summed E-state index contributed by atoms with van der Waals surface area (Å²) in [6.07, 6.45) is 1.52. The van der Waals surface area contributed by atoms with Gasteiger partial charge in [-0.05, 0) is 29.0 Å². The summed E-state index contributed by atoms with van der Waals surface area (Å²) in [7, 11) is 0. The van der Waals surface area contributed by atoms with Crippen LogP contribution in [-0.4, -0.2) is 27.9 Å². The van der Waals surface area contributed by atoms with Gasteiger partial charge in [-0.3, -0.25) is 4.79 Å². The van der Waals surface area contributed by atoms with E-state index >= 15 is 0 Å². The zero-order valence-electron chi connectivity index (χ0n) is 7.66. The van der Waals surface area contributed by atoms with E-state index in [4.69, 9.17) is 5.11 Å². The molecule has 1 amide bonds. The van der Waals surface area contributed by atoms with Gasteiger partial charge in [-0.15, -0.1) is 0 Å². The monoisotopic (exact) mass is 307 g/mol. The fraction of sp³-hybridized carbons (Fsp3) is 0.556. The summed E-state index contributed by atoms with van der Waals surface area (Å²) in [6.45, 7) is 1.96. The van der Waals surface area contributed by atoms with E-state index in [9.17, 15) is 9.59 Å². The number of hydrogen-bond acceptors (Lipinski definition) is 2. The summed E-state index contributed by atoms with van der Waals surface area (Å²) in [5.74, 6) is -0.974. The number of halogens is 1. The Bertz CT molecular complexity index is 350. The van der Waals surface area contributed by atoms with Gasteiger partial charge in [0.1, 0.15) is 5.70 Å². The first kappa shape index (κ1) is 9.95. The van der Waals surface area contributed by atoms with Crippen molar-refractivity contribution in [2.75, 3.05) is 0 Å². The summed E-state index contributed by atoms with van der Waals surface area (Å²) in [5, 5.41) is 8.93. The highest BCUT2D eigenvalue weighted by atomic mass is 127. The molecule has 0 aromatic rings. The largest absolute Gasteiger partial charge is 0.477 e. The van der Waals surface area contributed by atoms with Gasteiger partial charge in [0.05, 0.1) is 12.0 Å². The van der Waals surface area contributed by atoms with Crippen molar-refractivity contribution in [3.8, 4) is 0 Å². The minimum Gasteiger partial charge on any atom is -0.477 e. The molecule has 2 atom stereocenters. The molecule has 0 bridgehead atoms. The standard InChI is InChI=1S/C9H10INO3/c1-2-4-6-3-5(10)7(9(13)14)11(6)8(4)12/h4,6H,2-3H2,1H3,(H,13,14). The van der Waals surface area contributed by atoms with Crippen molar-refractivity contribution >= 4 is 34.5 Å². The molecule has 2 unspecified atom stereocenters. The van der Waals surface area contributed by atoms with E-state index in [0.717, 1.165) is 10.0 Å². The van der Waals surface area contributed by atoms with Gasteiger partial charge in [0.15, 0.2) is 0 Å². The first-order chi connectivity index (χ1) is 6.57. The molecule has 4 nitrogen and oxygen atoms in total. The Morgan fingerprint density at radius 1 is 1.71 bits per heavy atom. The molecule has 2 heterocycles. The van der Waals surface area contributed by atoms with Crippen molar-refractivity contribution in [3.63, 3.8) is 0 Å². The van der Waals surface area contributed by atoms with Crippen molar-refractivity contribution in [2.24, 2.45) is 5.92 Å². The predicted molar refractivity (Wildman–Crippen MR) is 57.7 cm³/mol. The second kappa shape index (κ2) is 3.22. The van der Waals surface area contributed by atoms with Crippen molar-refractivity contribution in [1.29, 1.82) is 0 Å². The van der Waals surface area contributed by atoms with Crippen molar-refractivity contribution < 1.29 is 14.7 Å². The summed E-state index contributed by atoms with van der Waals surface area (Å²) in [5.41, 5.74) is 0.199. The minimum absolute atomic E-state index is 0.0263. The minimum atomic E-state index is -0.986. The second-order valence-electron chi connectivity index (χ2n) is 3.55. The molecular weight excluding hydrogens is 297 g/mol. The van der Waals surface area contributed by atoms with Crippen LogP contribution in [0.4, 0.5) is 0 Å². The Morgan fingerprint density at radius 2 is 2.36 bits per heavy atom. The lowest BCUT2D eigenvalue weighted by Gasteiger charge is -2.42. The number of nitrogens with zero attached hydrogens (tertiary/aromatic N) is 1. The van der Waals surface area contributed by atoms with Gasteiger partial charge >= 0.3 is 5.97 Å². The molecule has 0 spiro atoms. The molecule has 1 fully saturated rings. The third kappa shape index (κ3) is 1.11. The number of carbonyl (C=O) groups excluding carboxylic acids is 1. The molecule has 14 heavy (non-hydrogen) atoms. The van der Waals surface area contributed by atoms with Crippen molar-refractivity contribution in [1.82, 2.24) is 4.90 Å². The Kier molecular flexibility index (Phi) is 2.29. The third-order valence-corrected chi connectivity index (χ3v) is 3.83. The molecule has 1 N–H and O–H groups in total. The molecule has 1 saturated heterocycles. The van der Waals surface area contributed by atoms with Crippen molar-refractivity contribution in [2.45, 2.75) is 25.8 Å². The average molecular weight is 307 g/mol. The fourth-order valence-corrected chi connectivity index (χ4v) is 3.13. The van der Waals surface area contributed by atoms with E-state index in [0.29, 0.717) is 6.42 Å². The molecule has 0 saturated carbocycles. The Morgan fingerprint density at radius 3 is 2.86 bits per heavy atom. The average Bonchev–Trinajstić information content (AvgIpc) is 2.40. The smallest absolute Gasteiger partial charge is 0.353 e. The van der Waals surface area contributed by atoms with Crippen LogP contribution in [0.1, 0.15) is 19.8 Å². The number of carboxylic acid groups (broad SMARTS) is 1. The maximum absolute atomic E-state index is 11.6. The highest BCUT2D eigenvalue weighted by molar-refractivity contribution is 14.1. The number of amides is 1. The van der Waals surface area contributed by atoms with E-state index in [1.807, 2.05) is 29.5 Å². The van der Waals surface area contributed by atoms with Crippen LogP contribution in [0.2, 0.25) is 0 Å². The molecule has 5 heteroatoms. The Labute approximate surface area is 95.1 Å². The molecule has 2 aliphatic heterocycles. The first-order valence-electron chi connectivity index (χ1n) is 4.53. The highest BCUT2D eigenvalue weighted by Crippen LogP contribution is 2.45. The van der Waals surface area contributed by atoms with Gasteiger partial charge < -0.3 is 10.0 Å². The van der Waals surface area contributed by atoms with Crippen LogP contribution in [0, 0.1) is 5.92 Å². The summed E-state index contributed by atoms with van der Waals surface area (Å²) >= 11 is 2.02. The third-order valence-electron chi connectivity index (χ3n) is 2.88. The molecule has 2 aliphatic rings. The molecule has 0 aromatic heterocycles. The summed E-state index contributed by atoms with van der Waals surface area (Å²) < 4.78 is 0.796. The lowest BCUT2D eigenvalue weighted by molar-refractivity contribution is -0.155. The maximum Gasteiger partial charge on any atom is 0.353 e. The van der Waals surface area contributed by atoms with Gasteiger partial charge in [-0.25, -0.2) is 4.79 Å². The van der Waals surface area contributed by atoms with Gasteiger partial charge in [0.25, 0.3) is 0 Å². The lowest BCUT2D eigenvalue weighted by atomic mass is 9.85. The molecule has 0 aliphatic carbocycles. The molecule has 2 rings (SSSR count). The van der Waals surface area contributed by atoms with Crippen molar-refractivity contribution in [3.05, 3.63) is 9.28 Å². The molecule has 0 radical (unpaired) electrons. The van der Waals surface area contributed by atoms with Gasteiger partial charge in [-0.1, -0.05) is 6.92 Å². The molecular formula is C9H10INO3. The SMILES string of the molecule is CCC1C(=O)N2C(C(=O)O)=C(I)CC12. The Hall–Kier alpha value is -0.590. The number of β-lactam (4-membered cyclic amide) rings is 1. The van der Waals surface area contributed by atoms with Crippen LogP contribution in [0.25, 0.3) is 0 Å². The van der Waals surface area contributed by atoms with Crippen LogP contribution in [0.3, 0.4) is 0 Å². The number of carboxylic acids is 1. The lowest BCUT2D eigenvalue weighted by Crippen LogP contribution is -2.58. The fourth-order valence-electron chi connectivity index (χ4n) is 2.19. The topological polar surface area (TPSA) is 57.6 Å². The zero-order valence-corrected chi connectivity index (χ0v) is 9.82. The van der Waals surface area contributed by atoms with Crippen LogP contribution in [0.5, 0.6) is 0 Å². The number of hydrogen-bond donors (Lipinski definition) is 1. The normalized spacial score (nSPS) is 30.4. The maximum atomic E-state index is 11.6. The van der Waals surface area contributed by atoms with E-state index in [1.54, 1.807) is 0 Å². The number of aliphatic carboxylic acids is 1. The zero-order chi connectivity index (χ0) is 10.5. The summed E-state index contributed by atoms with van der Waals surface area (Å²) in [4.78, 5) is 23.9. The first-order valence-corrected chi connectivity index (χ1v) is 5.60. The molecule has 0 aromatic carbocycles. The quantitative estimate of drug-likeness (QED) is 0.619. The van der Waals surface area contributed by atoms with Gasteiger partial charge in [-0.2, -0.15) is 0 Å². The van der Waals surface area contributed by atoms with Crippen LogP contribution >= 0.6 is 22.6 Å². The highest BCUT2D eigenvalue weighted by Gasteiger charge is 2.53. The number of rotatable bonds is 2. The van der Waals surface area contributed by atoms with E-state index in [2.05, 4.69) is 0 Å².